The van der Waals surface area contributed by atoms with Crippen molar-refractivity contribution in [1.82, 2.24) is 19.3 Å². The maximum absolute atomic E-state index is 12.5. The summed E-state index contributed by atoms with van der Waals surface area (Å²) in [6.07, 6.45) is 1.61. The minimum atomic E-state index is -0.136. The highest BCUT2D eigenvalue weighted by Crippen LogP contribution is 2.21. The highest BCUT2D eigenvalue weighted by Gasteiger charge is 2.21. The van der Waals surface area contributed by atoms with Crippen molar-refractivity contribution in [2.75, 3.05) is 11.9 Å². The lowest BCUT2D eigenvalue weighted by Gasteiger charge is -2.16. The van der Waals surface area contributed by atoms with Gasteiger partial charge >= 0.3 is 0 Å². The van der Waals surface area contributed by atoms with E-state index in [2.05, 4.69) is 10.1 Å². The zero-order chi connectivity index (χ0) is 14.3. The van der Waals surface area contributed by atoms with Gasteiger partial charge in [0, 0.05) is 27.3 Å². The molecule has 0 aliphatic carbocycles. The molecule has 0 unspecified atom stereocenters. The van der Waals surface area contributed by atoms with Gasteiger partial charge in [-0.25, -0.2) is 4.98 Å². The quantitative estimate of drug-likeness (QED) is 0.709. The van der Waals surface area contributed by atoms with E-state index in [-0.39, 0.29) is 5.91 Å². The number of benzene rings is 1. The number of carbonyl (C=O) groups excluding carboxylic acids is 1. The molecule has 3 rings (SSSR count). The van der Waals surface area contributed by atoms with Gasteiger partial charge in [-0.2, -0.15) is 5.10 Å². The number of amides is 1. The van der Waals surface area contributed by atoms with Crippen molar-refractivity contribution in [3.8, 4) is 0 Å². The monoisotopic (exact) mass is 269 g/mol. The van der Waals surface area contributed by atoms with Crippen LogP contribution in [-0.4, -0.2) is 32.3 Å². The number of imidazole rings is 1. The van der Waals surface area contributed by atoms with Gasteiger partial charge in [-0.05, 0) is 18.2 Å². The molecular formula is C14H15N5O. The lowest BCUT2D eigenvalue weighted by atomic mass is 10.3. The molecule has 0 aliphatic rings. The summed E-state index contributed by atoms with van der Waals surface area (Å²) in [6, 6.07) is 9.50. The number of nitrogens with zero attached hydrogens (tertiary/aromatic N) is 5. The van der Waals surface area contributed by atoms with Crippen LogP contribution in [-0.2, 0) is 14.1 Å². The van der Waals surface area contributed by atoms with Crippen LogP contribution in [0.2, 0.25) is 0 Å². The van der Waals surface area contributed by atoms with Crippen LogP contribution in [0.5, 0.6) is 0 Å². The molecule has 6 nitrogen and oxygen atoms in total. The SMILES string of the molecule is CN(C(=O)c1ccnn1C)c1nc2ccccc2n1C. The molecule has 2 heterocycles. The third-order valence-electron chi connectivity index (χ3n) is 3.41. The van der Waals surface area contributed by atoms with Gasteiger partial charge in [-0.1, -0.05) is 12.1 Å². The number of rotatable bonds is 2. The van der Waals surface area contributed by atoms with Crippen LogP contribution in [0.25, 0.3) is 11.0 Å². The second kappa shape index (κ2) is 4.48. The lowest BCUT2D eigenvalue weighted by Crippen LogP contribution is -2.30. The van der Waals surface area contributed by atoms with Gasteiger partial charge in [0.15, 0.2) is 0 Å². The van der Waals surface area contributed by atoms with E-state index >= 15 is 0 Å². The van der Waals surface area contributed by atoms with Crippen LogP contribution in [0.15, 0.2) is 36.5 Å². The Balaban J connectivity index is 2.05. The van der Waals surface area contributed by atoms with Gasteiger partial charge < -0.3 is 4.57 Å². The summed E-state index contributed by atoms with van der Waals surface area (Å²) in [6.45, 7) is 0. The molecule has 2 aromatic heterocycles. The zero-order valence-electron chi connectivity index (χ0n) is 11.6. The standard InChI is InChI=1S/C14H15N5O/c1-17-11-7-5-4-6-10(11)16-14(17)18(2)13(20)12-8-9-15-19(12)3/h4-9H,1-3H3. The van der Waals surface area contributed by atoms with Gasteiger partial charge in [-0.15, -0.1) is 0 Å². The fourth-order valence-corrected chi connectivity index (χ4v) is 2.28. The van der Waals surface area contributed by atoms with Crippen LogP contribution >= 0.6 is 0 Å². The van der Waals surface area contributed by atoms with Gasteiger partial charge in [-0.3, -0.25) is 14.4 Å². The molecule has 0 atom stereocenters. The molecule has 20 heavy (non-hydrogen) atoms. The third kappa shape index (κ3) is 1.77. The lowest BCUT2D eigenvalue weighted by molar-refractivity contribution is 0.0982. The summed E-state index contributed by atoms with van der Waals surface area (Å²) in [5.41, 5.74) is 2.39. The van der Waals surface area contributed by atoms with E-state index in [0.29, 0.717) is 11.6 Å². The summed E-state index contributed by atoms with van der Waals surface area (Å²) in [7, 11) is 5.37. The first kappa shape index (κ1) is 12.4. The summed E-state index contributed by atoms with van der Waals surface area (Å²) < 4.78 is 3.46. The average molecular weight is 269 g/mol. The van der Waals surface area contributed by atoms with Gasteiger partial charge in [0.1, 0.15) is 5.69 Å². The smallest absolute Gasteiger partial charge is 0.278 e. The van der Waals surface area contributed by atoms with E-state index in [1.165, 1.54) is 4.90 Å². The Morgan fingerprint density at radius 3 is 2.60 bits per heavy atom. The van der Waals surface area contributed by atoms with Gasteiger partial charge in [0.05, 0.1) is 11.0 Å². The van der Waals surface area contributed by atoms with E-state index in [0.717, 1.165) is 11.0 Å². The summed E-state index contributed by atoms with van der Waals surface area (Å²) in [4.78, 5) is 18.5. The Hall–Kier alpha value is -2.63. The van der Waals surface area contributed by atoms with Crippen molar-refractivity contribution in [3.63, 3.8) is 0 Å². The number of carbonyl (C=O) groups is 1. The first-order valence-corrected chi connectivity index (χ1v) is 6.27. The Kier molecular flexibility index (Phi) is 2.78. The molecule has 0 spiro atoms. The number of fused-ring (bicyclic) bond motifs is 1. The molecule has 0 aliphatic heterocycles. The highest BCUT2D eigenvalue weighted by molar-refractivity contribution is 6.04. The Bertz CT molecular complexity index is 786. The molecule has 1 aromatic carbocycles. The molecule has 0 bridgehead atoms. The van der Waals surface area contributed by atoms with E-state index in [9.17, 15) is 4.79 Å². The number of anilines is 1. The number of aromatic nitrogens is 4. The first-order valence-electron chi connectivity index (χ1n) is 6.27. The maximum atomic E-state index is 12.5. The number of para-hydroxylation sites is 2. The van der Waals surface area contributed by atoms with Crippen molar-refractivity contribution in [2.45, 2.75) is 0 Å². The predicted molar refractivity (Wildman–Crippen MR) is 76.7 cm³/mol. The van der Waals surface area contributed by atoms with Crippen molar-refractivity contribution in [3.05, 3.63) is 42.2 Å². The summed E-state index contributed by atoms with van der Waals surface area (Å²) in [5.74, 6) is 0.473. The summed E-state index contributed by atoms with van der Waals surface area (Å²) >= 11 is 0. The Morgan fingerprint density at radius 2 is 1.95 bits per heavy atom. The van der Waals surface area contributed by atoms with Gasteiger partial charge in [0.2, 0.25) is 5.95 Å². The van der Waals surface area contributed by atoms with Crippen molar-refractivity contribution >= 4 is 22.9 Å². The van der Waals surface area contributed by atoms with E-state index < -0.39 is 0 Å². The molecule has 0 saturated carbocycles. The van der Waals surface area contributed by atoms with Crippen molar-refractivity contribution in [1.29, 1.82) is 0 Å². The second-order valence-corrected chi connectivity index (χ2v) is 4.66. The van der Waals surface area contributed by atoms with Crippen LogP contribution in [0.3, 0.4) is 0 Å². The molecule has 0 fully saturated rings. The second-order valence-electron chi connectivity index (χ2n) is 4.66. The van der Waals surface area contributed by atoms with E-state index in [1.807, 2.05) is 35.9 Å². The molecule has 102 valence electrons. The normalized spacial score (nSPS) is 10.9. The third-order valence-corrected chi connectivity index (χ3v) is 3.41. The largest absolute Gasteiger partial charge is 0.313 e. The molecular weight excluding hydrogens is 254 g/mol. The molecule has 3 aromatic rings. The predicted octanol–water partition coefficient (Wildman–Crippen LogP) is 1.58. The van der Waals surface area contributed by atoms with Gasteiger partial charge in [0.25, 0.3) is 5.91 Å². The van der Waals surface area contributed by atoms with Crippen LogP contribution in [0.4, 0.5) is 5.95 Å². The molecule has 0 saturated heterocycles. The Morgan fingerprint density at radius 1 is 1.20 bits per heavy atom. The zero-order valence-corrected chi connectivity index (χ0v) is 11.6. The topological polar surface area (TPSA) is 56.0 Å². The first-order chi connectivity index (χ1) is 9.59. The number of hydrogen-bond donors (Lipinski definition) is 0. The van der Waals surface area contributed by atoms with E-state index in [1.54, 1.807) is 31.0 Å². The summed E-state index contributed by atoms with van der Waals surface area (Å²) in [5, 5.41) is 4.02. The number of aryl methyl sites for hydroxylation is 2. The molecule has 1 amide bonds. The highest BCUT2D eigenvalue weighted by atomic mass is 16.2. The van der Waals surface area contributed by atoms with E-state index in [4.69, 9.17) is 0 Å². The van der Waals surface area contributed by atoms with Crippen LogP contribution < -0.4 is 4.90 Å². The minimum absolute atomic E-state index is 0.136. The minimum Gasteiger partial charge on any atom is -0.313 e. The van der Waals surface area contributed by atoms with Crippen LogP contribution in [0, 0.1) is 0 Å². The maximum Gasteiger partial charge on any atom is 0.278 e. The fraction of sp³-hybridized carbons (Fsp3) is 0.214. The van der Waals surface area contributed by atoms with Crippen molar-refractivity contribution < 1.29 is 4.79 Å². The average Bonchev–Trinajstić information content (AvgIpc) is 3.02. The molecule has 6 heteroatoms. The molecule has 0 radical (unpaired) electrons. The van der Waals surface area contributed by atoms with Crippen LogP contribution in [0.1, 0.15) is 10.5 Å². The Labute approximate surface area is 116 Å². The number of hydrogen-bond acceptors (Lipinski definition) is 3. The molecule has 0 N–H and O–H groups in total. The fourth-order valence-electron chi connectivity index (χ4n) is 2.28. The van der Waals surface area contributed by atoms with Crippen molar-refractivity contribution in [2.24, 2.45) is 14.1 Å².